The fourth-order valence-electron chi connectivity index (χ4n) is 2.31. The number of halogens is 2. The zero-order valence-electron chi connectivity index (χ0n) is 14.4. The fraction of sp³-hybridized carbons (Fsp3) is 0.176. The Morgan fingerprint density at radius 3 is 2.37 bits per heavy atom. The van der Waals surface area contributed by atoms with Crippen molar-refractivity contribution in [3.8, 4) is 0 Å². The lowest BCUT2D eigenvalue weighted by Crippen LogP contribution is -2.22. The molecule has 0 aliphatic carbocycles. The quantitative estimate of drug-likeness (QED) is 0.706. The maximum absolute atomic E-state index is 12.1. The minimum atomic E-state index is -4.11. The van der Waals surface area contributed by atoms with Gasteiger partial charge in [-0.05, 0) is 49.2 Å². The van der Waals surface area contributed by atoms with Gasteiger partial charge in [0.05, 0.1) is 21.3 Å². The summed E-state index contributed by atoms with van der Waals surface area (Å²) in [6.07, 6.45) is 0. The van der Waals surface area contributed by atoms with Gasteiger partial charge in [-0.15, -0.1) is 0 Å². The Labute approximate surface area is 166 Å². The second-order valence-electron chi connectivity index (χ2n) is 5.75. The molecule has 0 saturated heterocycles. The highest BCUT2D eigenvalue weighted by Gasteiger charge is 2.18. The van der Waals surface area contributed by atoms with Crippen molar-refractivity contribution in [2.24, 2.45) is 5.14 Å². The summed E-state index contributed by atoms with van der Waals surface area (Å²) < 4.78 is 27.8. The number of nitrogens with two attached hydrogens (primary N) is 1. The van der Waals surface area contributed by atoms with Crippen LogP contribution in [0.3, 0.4) is 0 Å². The van der Waals surface area contributed by atoms with Gasteiger partial charge in [0.2, 0.25) is 10.0 Å². The lowest BCUT2D eigenvalue weighted by molar-refractivity contribution is -0.119. The lowest BCUT2D eigenvalue weighted by Gasteiger charge is -2.12. The van der Waals surface area contributed by atoms with Crippen molar-refractivity contribution >= 4 is 50.8 Å². The molecular formula is C17H16Cl2N2O5S. The van der Waals surface area contributed by atoms with E-state index in [9.17, 15) is 18.0 Å². The Morgan fingerprint density at radius 1 is 1.11 bits per heavy atom. The summed E-state index contributed by atoms with van der Waals surface area (Å²) in [5.41, 5.74) is 2.01. The van der Waals surface area contributed by atoms with Gasteiger partial charge in [0, 0.05) is 0 Å². The third-order valence-corrected chi connectivity index (χ3v) is 5.19. The minimum absolute atomic E-state index is 0.110. The number of hydrogen-bond acceptors (Lipinski definition) is 5. The SMILES string of the molecule is Cc1cc(C)c(NC(=O)COC(=O)c2ccc(Cl)c(S(N)(=O)=O)c2)c(Cl)c1. The molecule has 0 aliphatic heterocycles. The average Bonchev–Trinajstić information content (AvgIpc) is 2.55. The normalized spacial score (nSPS) is 11.1. The summed E-state index contributed by atoms with van der Waals surface area (Å²) in [6.45, 7) is 3.06. The van der Waals surface area contributed by atoms with Gasteiger partial charge < -0.3 is 10.1 Å². The molecule has 0 aromatic heterocycles. The number of ether oxygens (including phenoxy) is 1. The number of esters is 1. The van der Waals surface area contributed by atoms with Crippen LogP contribution in [-0.4, -0.2) is 26.9 Å². The van der Waals surface area contributed by atoms with E-state index >= 15 is 0 Å². The molecule has 0 unspecified atom stereocenters. The van der Waals surface area contributed by atoms with E-state index in [4.69, 9.17) is 33.1 Å². The first-order valence-electron chi connectivity index (χ1n) is 7.55. The molecule has 0 bridgehead atoms. The average molecular weight is 431 g/mol. The van der Waals surface area contributed by atoms with Crippen molar-refractivity contribution in [3.05, 3.63) is 57.1 Å². The van der Waals surface area contributed by atoms with E-state index in [1.54, 1.807) is 13.0 Å². The Balaban J connectivity index is 2.07. The maximum Gasteiger partial charge on any atom is 0.338 e. The van der Waals surface area contributed by atoms with Crippen LogP contribution < -0.4 is 10.5 Å². The molecule has 0 saturated carbocycles. The Kier molecular flexibility index (Phi) is 6.48. The molecule has 0 fully saturated rings. The van der Waals surface area contributed by atoms with Crippen LogP contribution in [0.15, 0.2) is 35.2 Å². The van der Waals surface area contributed by atoms with E-state index < -0.39 is 33.4 Å². The maximum atomic E-state index is 12.1. The van der Waals surface area contributed by atoms with Crippen LogP contribution in [-0.2, 0) is 19.6 Å². The highest BCUT2D eigenvalue weighted by molar-refractivity contribution is 7.89. The van der Waals surface area contributed by atoms with Gasteiger partial charge in [0.15, 0.2) is 6.61 Å². The number of anilines is 1. The number of carbonyl (C=O) groups excluding carboxylic acids is 2. The third kappa shape index (κ3) is 5.43. The summed E-state index contributed by atoms with van der Waals surface area (Å²) in [7, 11) is -4.11. The molecule has 3 N–H and O–H groups in total. The molecule has 10 heteroatoms. The second-order valence-corrected chi connectivity index (χ2v) is 8.10. The zero-order chi connectivity index (χ0) is 20.4. The van der Waals surface area contributed by atoms with Gasteiger partial charge in [-0.3, -0.25) is 4.79 Å². The number of primary sulfonamides is 1. The number of sulfonamides is 1. The summed E-state index contributed by atoms with van der Waals surface area (Å²) in [4.78, 5) is 23.7. The Morgan fingerprint density at radius 2 is 1.78 bits per heavy atom. The molecule has 0 heterocycles. The summed E-state index contributed by atoms with van der Waals surface area (Å²) in [5, 5.41) is 7.84. The van der Waals surface area contributed by atoms with Crippen LogP contribution in [0.2, 0.25) is 10.0 Å². The summed E-state index contributed by atoms with van der Waals surface area (Å²) in [6, 6.07) is 6.99. The molecule has 1 amide bonds. The molecule has 0 aliphatic rings. The fourth-order valence-corrected chi connectivity index (χ4v) is 3.75. The van der Waals surface area contributed by atoms with E-state index in [0.29, 0.717) is 10.7 Å². The predicted octanol–water partition coefficient (Wildman–Crippen LogP) is 3.05. The highest BCUT2D eigenvalue weighted by Crippen LogP contribution is 2.27. The monoisotopic (exact) mass is 430 g/mol. The van der Waals surface area contributed by atoms with Gasteiger partial charge in [-0.25, -0.2) is 18.4 Å². The molecule has 0 radical (unpaired) electrons. The van der Waals surface area contributed by atoms with Crippen LogP contribution in [0.5, 0.6) is 0 Å². The van der Waals surface area contributed by atoms with Crippen LogP contribution in [0.4, 0.5) is 5.69 Å². The van der Waals surface area contributed by atoms with Crippen LogP contribution in [0.25, 0.3) is 0 Å². The number of carbonyl (C=O) groups is 2. The third-order valence-electron chi connectivity index (χ3n) is 3.50. The molecule has 2 rings (SSSR count). The van der Waals surface area contributed by atoms with E-state index in [1.807, 2.05) is 13.0 Å². The zero-order valence-corrected chi connectivity index (χ0v) is 16.7. The molecule has 0 atom stereocenters. The lowest BCUT2D eigenvalue weighted by atomic mass is 10.1. The van der Waals surface area contributed by atoms with Crippen LogP contribution in [0.1, 0.15) is 21.5 Å². The first-order valence-corrected chi connectivity index (χ1v) is 9.85. The minimum Gasteiger partial charge on any atom is -0.452 e. The number of amides is 1. The molecule has 27 heavy (non-hydrogen) atoms. The molecule has 0 spiro atoms. The largest absolute Gasteiger partial charge is 0.452 e. The van der Waals surface area contributed by atoms with Crippen LogP contribution in [0, 0.1) is 13.8 Å². The van der Waals surface area contributed by atoms with Crippen molar-refractivity contribution < 1.29 is 22.7 Å². The predicted molar refractivity (Wildman–Crippen MR) is 103 cm³/mol. The smallest absolute Gasteiger partial charge is 0.338 e. The van der Waals surface area contributed by atoms with Gasteiger partial charge in [-0.2, -0.15) is 0 Å². The van der Waals surface area contributed by atoms with Crippen molar-refractivity contribution in [2.45, 2.75) is 18.7 Å². The number of hydrogen-bond donors (Lipinski definition) is 2. The Hall–Kier alpha value is -2.13. The molecule has 2 aromatic rings. The van der Waals surface area contributed by atoms with Crippen molar-refractivity contribution in [1.29, 1.82) is 0 Å². The molecular weight excluding hydrogens is 415 g/mol. The van der Waals surface area contributed by atoms with Gasteiger partial charge >= 0.3 is 5.97 Å². The number of rotatable bonds is 5. The van der Waals surface area contributed by atoms with Crippen molar-refractivity contribution in [2.75, 3.05) is 11.9 Å². The molecule has 7 nitrogen and oxygen atoms in total. The van der Waals surface area contributed by atoms with Gasteiger partial charge in [0.25, 0.3) is 5.91 Å². The Bertz CT molecular complexity index is 999. The summed E-state index contributed by atoms with van der Waals surface area (Å²) in [5.74, 6) is -1.50. The van der Waals surface area contributed by atoms with Crippen molar-refractivity contribution in [1.82, 2.24) is 0 Å². The van der Waals surface area contributed by atoms with Gasteiger partial charge in [-0.1, -0.05) is 29.3 Å². The van der Waals surface area contributed by atoms with Crippen molar-refractivity contribution in [3.63, 3.8) is 0 Å². The second kappa shape index (κ2) is 8.26. The topological polar surface area (TPSA) is 116 Å². The van der Waals surface area contributed by atoms with Gasteiger partial charge in [0.1, 0.15) is 4.90 Å². The van der Waals surface area contributed by atoms with Crippen LogP contribution >= 0.6 is 23.2 Å². The number of nitrogens with one attached hydrogen (secondary N) is 1. The summed E-state index contributed by atoms with van der Waals surface area (Å²) >= 11 is 11.9. The van der Waals surface area contributed by atoms with E-state index in [0.717, 1.165) is 17.2 Å². The van der Waals surface area contributed by atoms with E-state index in [2.05, 4.69) is 5.32 Å². The molecule has 144 valence electrons. The number of aryl methyl sites for hydroxylation is 2. The molecule has 2 aromatic carbocycles. The highest BCUT2D eigenvalue weighted by atomic mass is 35.5. The van der Waals surface area contributed by atoms with E-state index in [1.165, 1.54) is 12.1 Å². The number of benzene rings is 2. The van der Waals surface area contributed by atoms with E-state index in [-0.39, 0.29) is 10.6 Å². The standard InChI is InChI=1S/C17H16Cl2N2O5S/c1-9-5-10(2)16(13(19)6-9)21-15(22)8-26-17(23)11-3-4-12(18)14(7-11)27(20,24)25/h3-7H,8H2,1-2H3,(H,21,22)(H2,20,24,25). The first kappa shape index (κ1) is 21.2. The first-order chi connectivity index (χ1) is 12.5.